The largest absolute Gasteiger partial charge is 0.783 e. The van der Waals surface area contributed by atoms with Crippen molar-refractivity contribution in [2.45, 2.75) is 70.6 Å². The van der Waals surface area contributed by atoms with E-state index in [1.54, 1.807) is 0 Å². The topological polar surface area (TPSA) is 42.0 Å². The molecule has 5 heteroatoms. The number of rotatable bonds is 4. The Kier molecular flexibility index (Phi) is 6.65. The van der Waals surface area contributed by atoms with E-state index in [2.05, 4.69) is 16.8 Å². The van der Waals surface area contributed by atoms with Gasteiger partial charge in [0, 0.05) is 19.1 Å². The molecule has 1 saturated heterocycles. The minimum absolute atomic E-state index is 0.147. The maximum absolute atomic E-state index is 12.2. The molecule has 0 aromatic rings. The van der Waals surface area contributed by atoms with Crippen LogP contribution in [0, 0.1) is 5.21 Å². The van der Waals surface area contributed by atoms with E-state index in [0.29, 0.717) is 6.04 Å². The molecule has 1 aliphatic carbocycles. The summed E-state index contributed by atoms with van der Waals surface area (Å²) in [5.41, 5.74) is -0.238. The van der Waals surface area contributed by atoms with Crippen molar-refractivity contribution in [1.82, 2.24) is 14.9 Å². The summed E-state index contributed by atoms with van der Waals surface area (Å²) in [6.07, 6.45) is 5.59. The number of hydrogen-bond acceptors (Lipinski definition) is 5. The second kappa shape index (κ2) is 8.06. The fourth-order valence-electron chi connectivity index (χ4n) is 3.51. The minimum atomic E-state index is -0.238. The molecule has 0 bridgehead atoms. The fraction of sp³-hybridized carbons (Fsp3) is 1.00. The molecule has 0 atom stereocenters. The van der Waals surface area contributed by atoms with Crippen LogP contribution in [0.25, 0.3) is 0 Å². The molecule has 0 amide bonds. The molecule has 2 rings (SSSR count). The SMILES string of the molecule is CN1CCCN(C2CCC(N([O-])COC(C)(C)C)CC2)CC1. The van der Waals surface area contributed by atoms with Gasteiger partial charge in [-0.05, 0) is 79.1 Å². The van der Waals surface area contributed by atoms with Crippen LogP contribution in [0.2, 0.25) is 0 Å². The van der Waals surface area contributed by atoms with Crippen LogP contribution in [0.5, 0.6) is 0 Å². The Balaban J connectivity index is 1.73. The van der Waals surface area contributed by atoms with Gasteiger partial charge in [-0.3, -0.25) is 4.90 Å². The molecule has 0 aromatic heterocycles. The maximum atomic E-state index is 12.2. The van der Waals surface area contributed by atoms with Crippen molar-refractivity contribution in [3.63, 3.8) is 0 Å². The van der Waals surface area contributed by atoms with E-state index in [9.17, 15) is 5.21 Å². The van der Waals surface area contributed by atoms with Gasteiger partial charge in [-0.25, -0.2) is 0 Å². The Labute approximate surface area is 136 Å². The Morgan fingerprint density at radius 2 is 1.73 bits per heavy atom. The predicted octanol–water partition coefficient (Wildman–Crippen LogP) is 2.51. The molecule has 22 heavy (non-hydrogen) atoms. The molecule has 1 saturated carbocycles. The van der Waals surface area contributed by atoms with Crippen molar-refractivity contribution < 1.29 is 4.74 Å². The first-order chi connectivity index (χ1) is 10.3. The van der Waals surface area contributed by atoms with Crippen molar-refractivity contribution in [2.24, 2.45) is 0 Å². The summed E-state index contributed by atoms with van der Waals surface area (Å²) < 4.78 is 5.61. The molecule has 0 N–H and O–H groups in total. The summed E-state index contributed by atoms with van der Waals surface area (Å²) >= 11 is 0. The molecule has 0 spiro atoms. The lowest BCUT2D eigenvalue weighted by atomic mass is 9.90. The molecule has 0 unspecified atom stereocenters. The highest BCUT2D eigenvalue weighted by Crippen LogP contribution is 2.27. The smallest absolute Gasteiger partial charge is 0.0886 e. The van der Waals surface area contributed by atoms with Gasteiger partial charge in [0.25, 0.3) is 0 Å². The zero-order valence-corrected chi connectivity index (χ0v) is 14.9. The van der Waals surface area contributed by atoms with Crippen LogP contribution < -0.4 is 0 Å². The molecule has 1 heterocycles. The molecule has 130 valence electrons. The Morgan fingerprint density at radius 1 is 1.05 bits per heavy atom. The van der Waals surface area contributed by atoms with Crippen LogP contribution in [0.1, 0.15) is 52.9 Å². The minimum Gasteiger partial charge on any atom is -0.783 e. The van der Waals surface area contributed by atoms with Gasteiger partial charge in [0.05, 0.1) is 12.3 Å². The lowest BCUT2D eigenvalue weighted by molar-refractivity contribution is -0.0652. The van der Waals surface area contributed by atoms with Gasteiger partial charge in [0.2, 0.25) is 0 Å². The highest BCUT2D eigenvalue weighted by Gasteiger charge is 2.27. The zero-order chi connectivity index (χ0) is 16.2. The highest BCUT2D eigenvalue weighted by molar-refractivity contribution is 4.85. The third-order valence-corrected chi connectivity index (χ3v) is 4.97. The van der Waals surface area contributed by atoms with Crippen molar-refractivity contribution in [2.75, 3.05) is 40.0 Å². The Bertz CT molecular complexity index is 324. The van der Waals surface area contributed by atoms with Crippen LogP contribution in [0.15, 0.2) is 0 Å². The first kappa shape index (κ1) is 18.1. The standard InChI is InChI=1S/C17H34N3O2/c1-17(2,3)22-14-20(21)16-8-6-15(7-9-16)19-11-5-10-18(4)12-13-19/h15-16H,5-14H2,1-4H3/q-1. The molecule has 5 nitrogen and oxygen atoms in total. The second-order valence-corrected chi connectivity index (χ2v) is 7.96. The second-order valence-electron chi connectivity index (χ2n) is 7.96. The van der Waals surface area contributed by atoms with Crippen LogP contribution in [-0.4, -0.2) is 72.5 Å². The van der Waals surface area contributed by atoms with Gasteiger partial charge in [-0.2, -0.15) is 0 Å². The molecular formula is C17H34N3O2-. The lowest BCUT2D eigenvalue weighted by Crippen LogP contribution is -2.44. The van der Waals surface area contributed by atoms with Crippen LogP contribution in [-0.2, 0) is 4.74 Å². The highest BCUT2D eigenvalue weighted by atomic mass is 16.6. The summed E-state index contributed by atoms with van der Waals surface area (Å²) in [5.74, 6) is 0. The fourth-order valence-corrected chi connectivity index (χ4v) is 3.51. The molecule has 1 aliphatic heterocycles. The number of likely N-dealkylation sites (N-methyl/N-ethyl adjacent to an activating group) is 1. The van der Waals surface area contributed by atoms with Crippen LogP contribution in [0.3, 0.4) is 0 Å². The third kappa shape index (κ3) is 5.78. The number of ether oxygens (including phenoxy) is 1. The van der Waals surface area contributed by atoms with E-state index in [0.717, 1.165) is 30.7 Å². The first-order valence-corrected chi connectivity index (χ1v) is 8.85. The first-order valence-electron chi connectivity index (χ1n) is 8.85. The molecule has 0 aromatic carbocycles. The lowest BCUT2D eigenvalue weighted by Gasteiger charge is -2.44. The van der Waals surface area contributed by atoms with E-state index in [4.69, 9.17) is 4.74 Å². The maximum Gasteiger partial charge on any atom is 0.0886 e. The molecule has 0 radical (unpaired) electrons. The molecule has 2 aliphatic rings. The van der Waals surface area contributed by atoms with E-state index >= 15 is 0 Å². The average Bonchev–Trinajstić information content (AvgIpc) is 2.69. The van der Waals surface area contributed by atoms with Crippen LogP contribution in [0.4, 0.5) is 0 Å². The summed E-state index contributed by atoms with van der Waals surface area (Å²) in [6, 6.07) is 0.827. The average molecular weight is 312 g/mol. The Hall–Kier alpha value is -0.200. The molecular weight excluding hydrogens is 278 g/mol. The van der Waals surface area contributed by atoms with E-state index in [1.165, 1.54) is 32.6 Å². The van der Waals surface area contributed by atoms with Crippen molar-refractivity contribution in [3.8, 4) is 0 Å². The van der Waals surface area contributed by atoms with E-state index < -0.39 is 0 Å². The third-order valence-electron chi connectivity index (χ3n) is 4.97. The van der Waals surface area contributed by atoms with E-state index in [1.807, 2.05) is 20.8 Å². The number of hydroxylamine groups is 2. The van der Waals surface area contributed by atoms with Gasteiger partial charge in [0.15, 0.2) is 0 Å². The van der Waals surface area contributed by atoms with Gasteiger partial charge in [-0.1, -0.05) is 0 Å². The summed E-state index contributed by atoms with van der Waals surface area (Å²) in [6.45, 7) is 11.0. The summed E-state index contributed by atoms with van der Waals surface area (Å²) in [7, 11) is 2.21. The molecule has 2 fully saturated rings. The van der Waals surface area contributed by atoms with E-state index in [-0.39, 0.29) is 18.4 Å². The van der Waals surface area contributed by atoms with Crippen molar-refractivity contribution in [3.05, 3.63) is 5.21 Å². The van der Waals surface area contributed by atoms with Gasteiger partial charge < -0.3 is 19.9 Å². The van der Waals surface area contributed by atoms with Crippen molar-refractivity contribution >= 4 is 0 Å². The van der Waals surface area contributed by atoms with Gasteiger partial charge >= 0.3 is 0 Å². The summed E-state index contributed by atoms with van der Waals surface area (Å²) in [5, 5.41) is 13.4. The van der Waals surface area contributed by atoms with Gasteiger partial charge in [0.1, 0.15) is 0 Å². The number of nitrogens with zero attached hydrogens (tertiary/aromatic N) is 3. The quantitative estimate of drug-likeness (QED) is 0.589. The summed E-state index contributed by atoms with van der Waals surface area (Å²) in [4.78, 5) is 5.08. The number of hydrogen-bond donors (Lipinski definition) is 0. The van der Waals surface area contributed by atoms with Gasteiger partial charge in [-0.15, -0.1) is 0 Å². The van der Waals surface area contributed by atoms with Crippen LogP contribution >= 0.6 is 0 Å². The zero-order valence-electron chi connectivity index (χ0n) is 14.9. The normalized spacial score (nSPS) is 29.7. The van der Waals surface area contributed by atoms with Crippen molar-refractivity contribution in [1.29, 1.82) is 0 Å². The monoisotopic (exact) mass is 312 g/mol. The predicted molar refractivity (Wildman–Crippen MR) is 90.6 cm³/mol. The Morgan fingerprint density at radius 3 is 2.36 bits per heavy atom.